The highest BCUT2D eigenvalue weighted by atomic mass is 16.5. The Morgan fingerprint density at radius 1 is 0.931 bits per heavy atom. The molecule has 7 nitrogen and oxygen atoms in total. The number of hydrogen-bond donors (Lipinski definition) is 1. The molecule has 1 saturated heterocycles. The minimum Gasteiger partial charge on any atom is -0.484 e. The van der Waals surface area contributed by atoms with Crippen molar-refractivity contribution in [3.05, 3.63) is 60.2 Å². The summed E-state index contributed by atoms with van der Waals surface area (Å²) in [5.41, 5.74) is 1.11. The van der Waals surface area contributed by atoms with E-state index in [4.69, 9.17) is 4.74 Å². The molecular formula is C22H25N3O4. The average Bonchev–Trinajstić information content (AvgIpc) is 2.98. The van der Waals surface area contributed by atoms with E-state index in [1.807, 2.05) is 30.3 Å². The Labute approximate surface area is 170 Å². The van der Waals surface area contributed by atoms with Crippen molar-refractivity contribution < 1.29 is 19.1 Å². The van der Waals surface area contributed by atoms with Gasteiger partial charge in [-0.15, -0.1) is 0 Å². The van der Waals surface area contributed by atoms with Gasteiger partial charge in [-0.2, -0.15) is 0 Å². The third-order valence-electron chi connectivity index (χ3n) is 4.67. The number of ether oxygens (including phenoxy) is 1. The number of amides is 3. The lowest BCUT2D eigenvalue weighted by Gasteiger charge is -2.22. The lowest BCUT2D eigenvalue weighted by molar-refractivity contribution is -0.133. The molecule has 152 valence electrons. The lowest BCUT2D eigenvalue weighted by atomic mass is 10.1. The smallest absolute Gasteiger partial charge is 0.260 e. The van der Waals surface area contributed by atoms with Crippen molar-refractivity contribution in [1.29, 1.82) is 0 Å². The van der Waals surface area contributed by atoms with Crippen molar-refractivity contribution in [1.82, 2.24) is 9.80 Å². The molecule has 0 spiro atoms. The Morgan fingerprint density at radius 2 is 1.66 bits per heavy atom. The van der Waals surface area contributed by atoms with E-state index in [0.29, 0.717) is 49.6 Å². The van der Waals surface area contributed by atoms with Gasteiger partial charge in [-0.1, -0.05) is 24.3 Å². The molecule has 2 aromatic carbocycles. The first kappa shape index (κ1) is 20.4. The Bertz CT molecular complexity index is 869. The second-order valence-corrected chi connectivity index (χ2v) is 6.89. The molecule has 2 aromatic rings. The quantitative estimate of drug-likeness (QED) is 0.843. The summed E-state index contributed by atoms with van der Waals surface area (Å²) in [6.45, 7) is 3.50. The van der Waals surface area contributed by atoms with Crippen LogP contribution >= 0.6 is 0 Å². The van der Waals surface area contributed by atoms with E-state index in [2.05, 4.69) is 5.32 Å². The molecule has 0 unspecified atom stereocenters. The molecule has 0 aromatic heterocycles. The molecule has 0 radical (unpaired) electrons. The number of carbonyl (C=O) groups excluding carboxylic acids is 3. The molecule has 0 saturated carbocycles. The van der Waals surface area contributed by atoms with Crippen LogP contribution < -0.4 is 10.1 Å². The zero-order valence-electron chi connectivity index (χ0n) is 16.5. The van der Waals surface area contributed by atoms with Gasteiger partial charge in [0, 0.05) is 44.4 Å². The molecule has 1 fully saturated rings. The van der Waals surface area contributed by atoms with E-state index in [1.165, 1.54) is 6.92 Å². The SMILES string of the molecule is CC(=O)Nc1cccc(C(=O)N2CCCN(C(=O)COc3ccccc3)CC2)c1. The topological polar surface area (TPSA) is 79.0 Å². The average molecular weight is 395 g/mol. The van der Waals surface area contributed by atoms with E-state index in [1.54, 1.807) is 34.1 Å². The van der Waals surface area contributed by atoms with E-state index < -0.39 is 0 Å². The number of hydrogen-bond acceptors (Lipinski definition) is 4. The van der Waals surface area contributed by atoms with Crippen molar-refractivity contribution in [2.75, 3.05) is 38.1 Å². The third-order valence-corrected chi connectivity index (χ3v) is 4.67. The maximum Gasteiger partial charge on any atom is 0.260 e. The Morgan fingerprint density at radius 3 is 2.41 bits per heavy atom. The predicted octanol–water partition coefficient (Wildman–Crippen LogP) is 2.40. The Kier molecular flexibility index (Phi) is 6.84. The molecule has 7 heteroatoms. The second-order valence-electron chi connectivity index (χ2n) is 6.89. The van der Waals surface area contributed by atoms with Crippen LogP contribution in [0, 0.1) is 0 Å². The number of benzene rings is 2. The number of anilines is 1. The summed E-state index contributed by atoms with van der Waals surface area (Å²) in [7, 11) is 0. The number of nitrogens with one attached hydrogen (secondary N) is 1. The van der Waals surface area contributed by atoms with Crippen LogP contribution in [0.3, 0.4) is 0 Å². The van der Waals surface area contributed by atoms with Crippen LogP contribution in [0.15, 0.2) is 54.6 Å². The van der Waals surface area contributed by atoms with Gasteiger partial charge < -0.3 is 19.9 Å². The van der Waals surface area contributed by atoms with Crippen molar-refractivity contribution >= 4 is 23.4 Å². The van der Waals surface area contributed by atoms with Crippen molar-refractivity contribution in [2.45, 2.75) is 13.3 Å². The van der Waals surface area contributed by atoms with Crippen molar-refractivity contribution in [2.24, 2.45) is 0 Å². The molecule has 0 bridgehead atoms. The van der Waals surface area contributed by atoms with Crippen LogP contribution in [0.2, 0.25) is 0 Å². The summed E-state index contributed by atoms with van der Waals surface area (Å²) in [5.74, 6) is 0.283. The van der Waals surface area contributed by atoms with Crippen molar-refractivity contribution in [3.8, 4) is 5.75 Å². The molecule has 0 aliphatic carbocycles. The minimum absolute atomic E-state index is 0.0171. The van der Waals surface area contributed by atoms with Gasteiger partial charge in [0.2, 0.25) is 5.91 Å². The van der Waals surface area contributed by atoms with Gasteiger partial charge in [-0.05, 0) is 36.8 Å². The first-order chi connectivity index (χ1) is 14.0. The van der Waals surface area contributed by atoms with E-state index in [-0.39, 0.29) is 24.3 Å². The van der Waals surface area contributed by atoms with Gasteiger partial charge in [-0.3, -0.25) is 14.4 Å². The molecule has 3 amide bonds. The maximum atomic E-state index is 12.9. The van der Waals surface area contributed by atoms with Crippen LogP contribution in [0.5, 0.6) is 5.75 Å². The fourth-order valence-corrected chi connectivity index (χ4v) is 3.24. The zero-order valence-corrected chi connectivity index (χ0v) is 16.5. The van der Waals surface area contributed by atoms with Gasteiger partial charge in [0.1, 0.15) is 5.75 Å². The van der Waals surface area contributed by atoms with Gasteiger partial charge in [0.05, 0.1) is 0 Å². The van der Waals surface area contributed by atoms with E-state index in [9.17, 15) is 14.4 Å². The maximum absolute atomic E-state index is 12.9. The Hall–Kier alpha value is -3.35. The number of nitrogens with zero attached hydrogens (tertiary/aromatic N) is 2. The van der Waals surface area contributed by atoms with Crippen LogP contribution in [0.25, 0.3) is 0 Å². The van der Waals surface area contributed by atoms with Gasteiger partial charge in [-0.25, -0.2) is 0 Å². The van der Waals surface area contributed by atoms with Gasteiger partial charge >= 0.3 is 0 Å². The number of rotatable bonds is 5. The lowest BCUT2D eigenvalue weighted by Crippen LogP contribution is -2.39. The highest BCUT2D eigenvalue weighted by Crippen LogP contribution is 2.15. The fourth-order valence-electron chi connectivity index (χ4n) is 3.24. The normalized spacial score (nSPS) is 14.1. The number of para-hydroxylation sites is 1. The van der Waals surface area contributed by atoms with Crippen molar-refractivity contribution in [3.63, 3.8) is 0 Å². The molecule has 1 aliphatic heterocycles. The molecule has 3 rings (SSSR count). The van der Waals surface area contributed by atoms with Gasteiger partial charge in [0.25, 0.3) is 11.8 Å². The summed E-state index contributed by atoms with van der Waals surface area (Å²) in [6, 6.07) is 16.1. The standard InChI is InChI=1S/C22H25N3O4/c1-17(26)23-19-8-5-7-18(15-19)22(28)25-12-6-11-24(13-14-25)21(27)16-29-20-9-3-2-4-10-20/h2-5,7-10,15H,6,11-14,16H2,1H3,(H,23,26). The first-order valence-corrected chi connectivity index (χ1v) is 9.65. The molecule has 29 heavy (non-hydrogen) atoms. The van der Waals surface area contributed by atoms with Crippen LogP contribution in [-0.2, 0) is 9.59 Å². The van der Waals surface area contributed by atoms with Crippen LogP contribution in [0.4, 0.5) is 5.69 Å². The highest BCUT2D eigenvalue weighted by Gasteiger charge is 2.23. The zero-order chi connectivity index (χ0) is 20.6. The molecule has 1 aliphatic rings. The summed E-state index contributed by atoms with van der Waals surface area (Å²) < 4.78 is 5.54. The second kappa shape index (κ2) is 9.73. The fraction of sp³-hybridized carbons (Fsp3) is 0.318. The highest BCUT2D eigenvalue weighted by molar-refractivity contribution is 5.96. The molecule has 1 heterocycles. The van der Waals surface area contributed by atoms with E-state index in [0.717, 1.165) is 0 Å². The minimum atomic E-state index is -0.184. The first-order valence-electron chi connectivity index (χ1n) is 9.65. The largest absolute Gasteiger partial charge is 0.484 e. The molecule has 0 atom stereocenters. The third kappa shape index (κ3) is 5.81. The van der Waals surface area contributed by atoms with Crippen LogP contribution in [-0.4, -0.2) is 60.3 Å². The predicted molar refractivity (Wildman–Crippen MR) is 110 cm³/mol. The van der Waals surface area contributed by atoms with Crippen LogP contribution in [0.1, 0.15) is 23.7 Å². The molecular weight excluding hydrogens is 370 g/mol. The number of carbonyl (C=O) groups is 3. The monoisotopic (exact) mass is 395 g/mol. The summed E-state index contributed by atoms with van der Waals surface area (Å²) in [6.07, 6.45) is 0.703. The summed E-state index contributed by atoms with van der Waals surface area (Å²) in [5, 5.41) is 2.69. The van der Waals surface area contributed by atoms with Gasteiger partial charge in [0.15, 0.2) is 6.61 Å². The summed E-state index contributed by atoms with van der Waals surface area (Å²) in [4.78, 5) is 40.1. The summed E-state index contributed by atoms with van der Waals surface area (Å²) >= 11 is 0. The Balaban J connectivity index is 1.55. The van der Waals surface area contributed by atoms with E-state index >= 15 is 0 Å². The molecule has 1 N–H and O–H groups in total.